The third-order valence-corrected chi connectivity index (χ3v) is 8.90. The molecule has 3 aromatic heterocycles. The van der Waals surface area contributed by atoms with Crippen molar-refractivity contribution in [2.45, 2.75) is 55.0 Å². The van der Waals surface area contributed by atoms with E-state index in [1.807, 2.05) is 61.8 Å². The minimum absolute atomic E-state index is 0.0631. The molecule has 5 heterocycles. The molecule has 6 rings (SSSR count). The molecule has 1 N–H and O–H groups in total. The first kappa shape index (κ1) is 26.6. The highest BCUT2D eigenvalue weighted by molar-refractivity contribution is 7.99. The fourth-order valence-corrected chi connectivity index (χ4v) is 6.76. The fraction of sp³-hybridized carbons (Fsp3) is 0.448. The third kappa shape index (κ3) is 4.92. The molecule has 11 heteroatoms. The van der Waals surface area contributed by atoms with Crippen LogP contribution in [0.1, 0.15) is 33.6 Å². The quantitative estimate of drug-likeness (QED) is 0.394. The Bertz CT molecular complexity index is 1640. The number of para-hydroxylation sites is 1. The van der Waals surface area contributed by atoms with Crippen LogP contribution in [0.5, 0.6) is 0 Å². The number of imidazole rings is 1. The molecule has 1 amide bonds. The van der Waals surface area contributed by atoms with E-state index in [0.29, 0.717) is 19.8 Å². The van der Waals surface area contributed by atoms with Crippen molar-refractivity contribution in [2.24, 2.45) is 12.5 Å². The van der Waals surface area contributed by atoms with Crippen molar-refractivity contribution in [3.63, 3.8) is 0 Å². The second kappa shape index (κ2) is 10.1. The third-order valence-electron chi connectivity index (χ3n) is 7.84. The van der Waals surface area contributed by atoms with Crippen molar-refractivity contribution in [3.8, 4) is 0 Å². The smallest absolute Gasteiger partial charge is 0.407 e. The molecule has 0 aliphatic carbocycles. The van der Waals surface area contributed by atoms with Crippen molar-refractivity contribution in [1.29, 1.82) is 0 Å². The van der Waals surface area contributed by atoms with Gasteiger partial charge in [0, 0.05) is 67.1 Å². The summed E-state index contributed by atoms with van der Waals surface area (Å²) in [5, 5.41) is 4.15. The van der Waals surface area contributed by atoms with E-state index >= 15 is 0 Å². The number of ether oxygens (including phenoxy) is 2. The van der Waals surface area contributed by atoms with Gasteiger partial charge < -0.3 is 24.3 Å². The van der Waals surface area contributed by atoms with E-state index in [2.05, 4.69) is 15.2 Å². The largest absolute Gasteiger partial charge is 0.444 e. The second-order valence-electron chi connectivity index (χ2n) is 11.6. The number of aryl methyl sites for hydroxylation is 1. The summed E-state index contributed by atoms with van der Waals surface area (Å²) >= 11 is 1.49. The summed E-state index contributed by atoms with van der Waals surface area (Å²) < 4.78 is 15.0. The van der Waals surface area contributed by atoms with E-state index in [-0.39, 0.29) is 17.0 Å². The molecule has 1 aromatic carbocycles. The molecule has 4 aromatic rings. The molecule has 2 aliphatic rings. The van der Waals surface area contributed by atoms with Gasteiger partial charge in [0.05, 0.1) is 23.1 Å². The molecule has 0 saturated carbocycles. The molecule has 210 valence electrons. The first-order valence-electron chi connectivity index (χ1n) is 13.5. The van der Waals surface area contributed by atoms with Gasteiger partial charge in [0.1, 0.15) is 5.60 Å². The van der Waals surface area contributed by atoms with E-state index in [9.17, 15) is 9.59 Å². The summed E-state index contributed by atoms with van der Waals surface area (Å²) in [5.41, 5.74) is 0.873. The number of nitrogens with one attached hydrogen (secondary N) is 1. The molecule has 2 fully saturated rings. The molecule has 2 atom stereocenters. The lowest BCUT2D eigenvalue weighted by Gasteiger charge is -2.45. The number of pyridine rings is 1. The number of hydrogen-bond donors (Lipinski definition) is 1. The van der Waals surface area contributed by atoms with Crippen LogP contribution in [0.2, 0.25) is 0 Å². The van der Waals surface area contributed by atoms with Gasteiger partial charge in [-0.3, -0.25) is 9.20 Å². The van der Waals surface area contributed by atoms with Crippen molar-refractivity contribution < 1.29 is 14.3 Å². The normalized spacial score (nSPS) is 21.4. The number of piperidine rings is 1. The molecular formula is C29H34N6O4S. The van der Waals surface area contributed by atoms with Crippen LogP contribution in [-0.4, -0.2) is 63.0 Å². The number of hydrogen-bond acceptors (Lipinski definition) is 8. The van der Waals surface area contributed by atoms with Crippen LogP contribution >= 0.6 is 11.8 Å². The molecule has 0 bridgehead atoms. The van der Waals surface area contributed by atoms with Gasteiger partial charge in [-0.1, -0.05) is 30.0 Å². The number of carbonyl (C=O) groups excluding carboxylic acids is 1. The Morgan fingerprint density at radius 2 is 2.02 bits per heavy atom. The highest BCUT2D eigenvalue weighted by Crippen LogP contribution is 2.41. The predicted octanol–water partition coefficient (Wildman–Crippen LogP) is 4.24. The SMILES string of the molecule is Cn1c(=O)cc(Sc2cnc(N3CCC4(CCOC4)C(NC(=O)OC(C)(C)C)C3)n3ccnc23)c2ccccc21. The average Bonchev–Trinajstić information content (AvgIpc) is 3.59. The zero-order valence-corrected chi connectivity index (χ0v) is 24.0. The summed E-state index contributed by atoms with van der Waals surface area (Å²) in [7, 11) is 1.79. The molecule has 2 unspecified atom stereocenters. The number of carbonyl (C=O) groups is 1. The van der Waals surface area contributed by atoms with Gasteiger partial charge in [0.25, 0.3) is 5.56 Å². The Balaban J connectivity index is 1.31. The first-order valence-corrected chi connectivity index (χ1v) is 14.4. The standard InChI is InChI=1S/C29H34N6O4S/c1-28(2,3)39-27(37)32-23-17-34(12-9-29(23)10-14-38-18-29)26-31-16-22(25-30-11-13-35(25)26)40-21-15-24(36)33(4)20-8-6-5-7-19(20)21/h5-8,11,13,15-16,23H,9-10,12,14,17-18H2,1-4H3,(H,32,37). The fourth-order valence-electron chi connectivity index (χ4n) is 5.73. The van der Waals surface area contributed by atoms with E-state index in [1.54, 1.807) is 23.9 Å². The van der Waals surface area contributed by atoms with Crippen LogP contribution in [0, 0.1) is 5.41 Å². The van der Waals surface area contributed by atoms with E-state index in [1.165, 1.54) is 11.8 Å². The number of rotatable bonds is 4. The van der Waals surface area contributed by atoms with Crippen molar-refractivity contribution in [3.05, 3.63) is 59.3 Å². The Morgan fingerprint density at radius 1 is 1.20 bits per heavy atom. The Kier molecular flexibility index (Phi) is 6.74. The number of aromatic nitrogens is 4. The Hall–Kier alpha value is -3.57. The molecular weight excluding hydrogens is 528 g/mol. The summed E-state index contributed by atoms with van der Waals surface area (Å²) in [6.07, 6.45) is 6.84. The van der Waals surface area contributed by atoms with Gasteiger partial charge in [-0.05, 0) is 39.7 Å². The molecule has 2 saturated heterocycles. The summed E-state index contributed by atoms with van der Waals surface area (Å²) in [5.74, 6) is 0.760. The topological polar surface area (TPSA) is 103 Å². The lowest BCUT2D eigenvalue weighted by Crippen LogP contribution is -2.59. The minimum atomic E-state index is -0.579. The van der Waals surface area contributed by atoms with Crippen molar-refractivity contribution in [2.75, 3.05) is 31.2 Å². The average molecular weight is 563 g/mol. The number of anilines is 1. The zero-order valence-electron chi connectivity index (χ0n) is 23.2. The van der Waals surface area contributed by atoms with E-state index in [4.69, 9.17) is 14.5 Å². The van der Waals surface area contributed by atoms with Gasteiger partial charge in [0.15, 0.2) is 5.65 Å². The van der Waals surface area contributed by atoms with Crippen LogP contribution < -0.4 is 15.8 Å². The summed E-state index contributed by atoms with van der Waals surface area (Å²) in [6, 6.07) is 9.40. The number of benzene rings is 1. The molecule has 10 nitrogen and oxygen atoms in total. The molecule has 40 heavy (non-hydrogen) atoms. The number of nitrogens with zero attached hydrogens (tertiary/aromatic N) is 5. The maximum atomic E-state index is 12.8. The lowest BCUT2D eigenvalue weighted by molar-refractivity contribution is 0.0394. The zero-order chi connectivity index (χ0) is 28.1. The summed E-state index contributed by atoms with van der Waals surface area (Å²) in [4.78, 5) is 38.9. The number of alkyl carbamates (subject to hydrolysis) is 1. The van der Waals surface area contributed by atoms with Gasteiger partial charge in [-0.15, -0.1) is 0 Å². The first-order chi connectivity index (χ1) is 19.1. The Morgan fingerprint density at radius 3 is 2.80 bits per heavy atom. The van der Waals surface area contributed by atoms with Crippen LogP contribution in [0.3, 0.4) is 0 Å². The van der Waals surface area contributed by atoms with Crippen LogP contribution in [0.25, 0.3) is 16.6 Å². The summed E-state index contributed by atoms with van der Waals surface area (Å²) in [6.45, 7) is 8.27. The molecule has 1 spiro atoms. The number of fused-ring (bicyclic) bond motifs is 2. The van der Waals surface area contributed by atoms with Crippen LogP contribution in [0.4, 0.5) is 10.7 Å². The molecule has 0 radical (unpaired) electrons. The van der Waals surface area contributed by atoms with Gasteiger partial charge in [-0.25, -0.2) is 14.8 Å². The van der Waals surface area contributed by atoms with Gasteiger partial charge in [-0.2, -0.15) is 0 Å². The highest BCUT2D eigenvalue weighted by atomic mass is 32.2. The van der Waals surface area contributed by atoms with Crippen molar-refractivity contribution >= 4 is 40.4 Å². The van der Waals surface area contributed by atoms with E-state index in [0.717, 1.165) is 51.7 Å². The minimum Gasteiger partial charge on any atom is -0.444 e. The highest BCUT2D eigenvalue weighted by Gasteiger charge is 2.47. The maximum Gasteiger partial charge on any atom is 0.407 e. The van der Waals surface area contributed by atoms with Crippen LogP contribution in [-0.2, 0) is 16.5 Å². The Labute approximate surface area is 236 Å². The lowest BCUT2D eigenvalue weighted by atomic mass is 9.74. The van der Waals surface area contributed by atoms with E-state index < -0.39 is 11.7 Å². The van der Waals surface area contributed by atoms with Crippen LogP contribution in [0.15, 0.2) is 63.5 Å². The predicted molar refractivity (Wildman–Crippen MR) is 154 cm³/mol. The van der Waals surface area contributed by atoms with Gasteiger partial charge >= 0.3 is 6.09 Å². The molecule has 2 aliphatic heterocycles. The number of amides is 1. The maximum absolute atomic E-state index is 12.8. The second-order valence-corrected chi connectivity index (χ2v) is 12.7. The van der Waals surface area contributed by atoms with Crippen molar-refractivity contribution in [1.82, 2.24) is 24.3 Å². The van der Waals surface area contributed by atoms with Gasteiger partial charge in [0.2, 0.25) is 5.95 Å². The monoisotopic (exact) mass is 562 g/mol.